The van der Waals surface area contributed by atoms with Gasteiger partial charge in [-0.2, -0.15) is 0 Å². The minimum absolute atomic E-state index is 0.0944. The van der Waals surface area contributed by atoms with Gasteiger partial charge in [0.15, 0.2) is 0 Å². The van der Waals surface area contributed by atoms with E-state index in [0.29, 0.717) is 5.69 Å². The lowest BCUT2D eigenvalue weighted by molar-refractivity contribution is -0.147. The third kappa shape index (κ3) is 5.12. The van der Waals surface area contributed by atoms with Gasteiger partial charge in [0.2, 0.25) is 11.8 Å². The Morgan fingerprint density at radius 1 is 1.21 bits per heavy atom. The molecular formula is C21H31N5O3. The van der Waals surface area contributed by atoms with Crippen LogP contribution in [0.1, 0.15) is 63.8 Å². The highest BCUT2D eigenvalue weighted by Gasteiger charge is 2.31. The fourth-order valence-electron chi connectivity index (χ4n) is 4.06. The summed E-state index contributed by atoms with van der Waals surface area (Å²) in [4.78, 5) is 44.1. The smallest absolute Gasteiger partial charge is 0.277 e. The molecule has 0 saturated carbocycles. The number of likely N-dealkylation sites (tertiary alicyclic amines) is 1. The van der Waals surface area contributed by atoms with Gasteiger partial charge in [0, 0.05) is 19.2 Å². The van der Waals surface area contributed by atoms with Crippen molar-refractivity contribution >= 4 is 23.8 Å². The maximum Gasteiger partial charge on any atom is 0.277 e. The van der Waals surface area contributed by atoms with Crippen LogP contribution in [0.15, 0.2) is 12.0 Å². The number of nitrogens with one attached hydrogen (secondary N) is 1. The van der Waals surface area contributed by atoms with Gasteiger partial charge >= 0.3 is 0 Å². The van der Waals surface area contributed by atoms with E-state index in [1.54, 1.807) is 12.4 Å². The number of amides is 3. The third-order valence-electron chi connectivity index (χ3n) is 5.49. The zero-order chi connectivity index (χ0) is 21.0. The number of nitrogens with zero attached hydrogens (tertiary/aromatic N) is 4. The third-order valence-corrected chi connectivity index (χ3v) is 5.49. The fraction of sp³-hybridized carbons (Fsp3) is 0.619. The average Bonchev–Trinajstić information content (AvgIpc) is 3.07. The second-order valence-electron chi connectivity index (χ2n) is 8.14. The maximum atomic E-state index is 12.5. The van der Waals surface area contributed by atoms with Gasteiger partial charge in [0.1, 0.15) is 12.2 Å². The van der Waals surface area contributed by atoms with Gasteiger partial charge < -0.3 is 14.8 Å². The van der Waals surface area contributed by atoms with E-state index in [0.717, 1.165) is 30.1 Å². The lowest BCUT2D eigenvalue weighted by atomic mass is 10.1. The Labute approximate surface area is 171 Å². The van der Waals surface area contributed by atoms with E-state index in [4.69, 9.17) is 0 Å². The van der Waals surface area contributed by atoms with Crippen LogP contribution in [-0.2, 0) is 20.9 Å². The Morgan fingerprint density at radius 3 is 2.59 bits per heavy atom. The first-order valence-corrected chi connectivity index (χ1v) is 10.5. The quantitative estimate of drug-likeness (QED) is 0.734. The number of imidazole rings is 1. The number of hydrogen-bond donors (Lipinski definition) is 1. The lowest BCUT2D eigenvalue weighted by Crippen LogP contribution is -2.51. The van der Waals surface area contributed by atoms with Gasteiger partial charge in [0.05, 0.1) is 12.0 Å². The van der Waals surface area contributed by atoms with Gasteiger partial charge in [-0.25, -0.2) is 4.98 Å². The lowest BCUT2D eigenvalue weighted by Gasteiger charge is -2.26. The molecule has 1 N–H and O–H groups in total. The summed E-state index contributed by atoms with van der Waals surface area (Å²) in [6, 6.07) is 0. The van der Waals surface area contributed by atoms with Crippen LogP contribution >= 0.6 is 0 Å². The zero-order valence-corrected chi connectivity index (χ0v) is 17.6. The number of carbonyl (C=O) groups excluding carboxylic acids is 3. The van der Waals surface area contributed by atoms with Crippen molar-refractivity contribution in [3.63, 3.8) is 0 Å². The SMILES string of the molecule is CC(=O)N1CC(=O)NC(=Cc2ncn(CCCN3CCCCC3)c2C(C)C)C1=O. The second kappa shape index (κ2) is 9.35. The van der Waals surface area contributed by atoms with E-state index in [-0.39, 0.29) is 24.1 Å². The summed E-state index contributed by atoms with van der Waals surface area (Å²) in [5.41, 5.74) is 1.78. The van der Waals surface area contributed by atoms with E-state index >= 15 is 0 Å². The van der Waals surface area contributed by atoms with Crippen molar-refractivity contribution in [1.29, 1.82) is 0 Å². The molecule has 0 aliphatic carbocycles. The van der Waals surface area contributed by atoms with Crippen LogP contribution in [0.4, 0.5) is 0 Å². The molecule has 2 aliphatic rings. The summed E-state index contributed by atoms with van der Waals surface area (Å²) in [6.07, 6.45) is 8.35. The molecule has 2 saturated heterocycles. The van der Waals surface area contributed by atoms with Crippen LogP contribution in [0.3, 0.4) is 0 Å². The van der Waals surface area contributed by atoms with E-state index in [9.17, 15) is 14.4 Å². The number of piperazine rings is 1. The van der Waals surface area contributed by atoms with Gasteiger partial charge in [-0.15, -0.1) is 0 Å². The van der Waals surface area contributed by atoms with Crippen molar-refractivity contribution in [3.05, 3.63) is 23.4 Å². The summed E-state index contributed by atoms with van der Waals surface area (Å²) in [5.74, 6) is -1.11. The Kier molecular flexibility index (Phi) is 6.84. The van der Waals surface area contributed by atoms with Crippen molar-refractivity contribution in [3.8, 4) is 0 Å². The molecule has 0 spiro atoms. The highest BCUT2D eigenvalue weighted by atomic mass is 16.2. The first-order chi connectivity index (χ1) is 13.9. The van der Waals surface area contributed by atoms with Crippen molar-refractivity contribution in [2.45, 2.75) is 58.9 Å². The summed E-state index contributed by atoms with van der Waals surface area (Å²) in [6.45, 7) is 9.53. The average molecular weight is 402 g/mol. The molecule has 0 aromatic carbocycles. The van der Waals surface area contributed by atoms with Crippen LogP contribution in [0, 0.1) is 0 Å². The first-order valence-electron chi connectivity index (χ1n) is 10.5. The summed E-state index contributed by atoms with van der Waals surface area (Å²) >= 11 is 0. The molecule has 0 radical (unpaired) electrons. The van der Waals surface area contributed by atoms with E-state index in [1.165, 1.54) is 39.3 Å². The molecule has 3 rings (SSSR count). The molecule has 158 valence electrons. The minimum Gasteiger partial charge on any atom is -0.334 e. The first kappa shape index (κ1) is 21.2. The highest BCUT2D eigenvalue weighted by molar-refractivity contribution is 6.12. The molecular weight excluding hydrogens is 370 g/mol. The van der Waals surface area contributed by atoms with Crippen LogP contribution < -0.4 is 5.32 Å². The largest absolute Gasteiger partial charge is 0.334 e. The molecule has 0 bridgehead atoms. The minimum atomic E-state index is -0.494. The number of carbonyl (C=O) groups is 3. The molecule has 1 aromatic rings. The van der Waals surface area contributed by atoms with E-state index < -0.39 is 11.8 Å². The van der Waals surface area contributed by atoms with Gasteiger partial charge in [-0.1, -0.05) is 20.3 Å². The predicted molar refractivity (Wildman–Crippen MR) is 110 cm³/mol. The van der Waals surface area contributed by atoms with Crippen LogP contribution in [0.25, 0.3) is 6.08 Å². The fourth-order valence-corrected chi connectivity index (χ4v) is 4.06. The Bertz CT molecular complexity index is 805. The second-order valence-corrected chi connectivity index (χ2v) is 8.14. The predicted octanol–water partition coefficient (Wildman–Crippen LogP) is 1.73. The summed E-state index contributed by atoms with van der Waals surface area (Å²) < 4.78 is 2.14. The number of aryl methyl sites for hydroxylation is 1. The van der Waals surface area contributed by atoms with Crippen molar-refractivity contribution in [2.24, 2.45) is 0 Å². The molecule has 3 amide bonds. The zero-order valence-electron chi connectivity index (χ0n) is 17.6. The van der Waals surface area contributed by atoms with Crippen LogP contribution in [0.2, 0.25) is 0 Å². The molecule has 2 fully saturated rings. The van der Waals surface area contributed by atoms with Gasteiger partial charge in [-0.3, -0.25) is 19.3 Å². The number of rotatable bonds is 6. The van der Waals surface area contributed by atoms with E-state index in [1.807, 2.05) is 0 Å². The topological polar surface area (TPSA) is 87.5 Å². The Balaban J connectivity index is 1.75. The number of hydrogen-bond acceptors (Lipinski definition) is 5. The van der Waals surface area contributed by atoms with Crippen molar-refractivity contribution < 1.29 is 14.4 Å². The van der Waals surface area contributed by atoms with E-state index in [2.05, 4.69) is 33.6 Å². The molecule has 1 aromatic heterocycles. The highest BCUT2D eigenvalue weighted by Crippen LogP contribution is 2.22. The summed E-state index contributed by atoms with van der Waals surface area (Å²) in [7, 11) is 0. The van der Waals surface area contributed by atoms with Crippen LogP contribution in [0.5, 0.6) is 0 Å². The number of piperidine rings is 1. The van der Waals surface area contributed by atoms with Gasteiger partial charge in [0.25, 0.3) is 5.91 Å². The molecule has 0 unspecified atom stereocenters. The van der Waals surface area contributed by atoms with Crippen molar-refractivity contribution in [1.82, 2.24) is 24.7 Å². The Hall–Kier alpha value is -2.48. The van der Waals surface area contributed by atoms with Crippen molar-refractivity contribution in [2.75, 3.05) is 26.2 Å². The molecule has 3 heterocycles. The standard InChI is InChI=1S/C21H31N5O3/c1-15(2)20-17(12-18-21(29)26(16(3)27)13-19(28)23-18)22-14-25(20)11-7-10-24-8-5-4-6-9-24/h12,14-15H,4-11,13H2,1-3H3,(H,23,28). The number of aromatic nitrogens is 2. The molecule has 0 atom stereocenters. The molecule has 8 heteroatoms. The maximum absolute atomic E-state index is 12.5. The van der Waals surface area contributed by atoms with Crippen LogP contribution in [-0.4, -0.2) is 63.3 Å². The molecule has 8 nitrogen and oxygen atoms in total. The number of imide groups is 1. The Morgan fingerprint density at radius 2 is 1.93 bits per heavy atom. The van der Waals surface area contributed by atoms with Gasteiger partial charge in [-0.05, 0) is 50.9 Å². The molecule has 29 heavy (non-hydrogen) atoms. The monoisotopic (exact) mass is 401 g/mol. The normalized spacial score (nSPS) is 19.9. The molecule has 2 aliphatic heterocycles. The summed E-state index contributed by atoms with van der Waals surface area (Å²) in [5, 5.41) is 2.58.